The summed E-state index contributed by atoms with van der Waals surface area (Å²) in [7, 11) is 1.59. The van der Waals surface area contributed by atoms with Gasteiger partial charge >= 0.3 is 0 Å². The van der Waals surface area contributed by atoms with Crippen LogP contribution in [0.2, 0.25) is 0 Å². The van der Waals surface area contributed by atoms with E-state index in [0.717, 1.165) is 51.9 Å². The number of hydrogen-bond acceptors (Lipinski definition) is 4. The van der Waals surface area contributed by atoms with E-state index in [2.05, 4.69) is 10.2 Å². The normalized spacial score (nSPS) is 18.4. The van der Waals surface area contributed by atoms with E-state index in [1.165, 1.54) is 12.1 Å². The van der Waals surface area contributed by atoms with E-state index in [0.29, 0.717) is 23.0 Å². The number of amides is 2. The first kappa shape index (κ1) is 22.3. The van der Waals surface area contributed by atoms with Crippen molar-refractivity contribution in [2.24, 2.45) is 5.92 Å². The zero-order valence-corrected chi connectivity index (χ0v) is 18.4. The number of methoxy groups -OCH3 is 1. The Kier molecular flexibility index (Phi) is 7.05. The van der Waals surface area contributed by atoms with Crippen LogP contribution >= 0.6 is 0 Å². The third-order valence-corrected chi connectivity index (χ3v) is 6.62. The second kappa shape index (κ2) is 10.1. The summed E-state index contributed by atoms with van der Waals surface area (Å²) in [5, 5.41) is 2.90. The molecule has 2 amide bonds. The van der Waals surface area contributed by atoms with E-state index in [4.69, 9.17) is 4.74 Å². The maximum absolute atomic E-state index is 13.0. The van der Waals surface area contributed by atoms with Gasteiger partial charge in [-0.25, -0.2) is 4.39 Å². The number of anilines is 1. The van der Waals surface area contributed by atoms with Gasteiger partial charge in [-0.2, -0.15) is 0 Å². The SMILES string of the molecule is COc1ccccc1C(=O)N1CCC(N2CCC(C(=O)Nc3ccc(F)cc3)CC2)CC1. The number of rotatable bonds is 5. The first-order chi connectivity index (χ1) is 15.5. The number of benzene rings is 2. The third kappa shape index (κ3) is 5.10. The van der Waals surface area contributed by atoms with Crippen molar-refractivity contribution in [3.05, 3.63) is 59.9 Å². The summed E-state index contributed by atoms with van der Waals surface area (Å²) >= 11 is 0. The molecule has 32 heavy (non-hydrogen) atoms. The van der Waals surface area contributed by atoms with Gasteiger partial charge in [0.1, 0.15) is 11.6 Å². The van der Waals surface area contributed by atoms with Gasteiger partial charge in [0, 0.05) is 30.7 Å². The molecule has 0 bridgehead atoms. The zero-order chi connectivity index (χ0) is 22.5. The van der Waals surface area contributed by atoms with Crippen LogP contribution in [0.3, 0.4) is 0 Å². The van der Waals surface area contributed by atoms with E-state index in [1.54, 1.807) is 19.2 Å². The number of carbonyl (C=O) groups excluding carboxylic acids is 2. The van der Waals surface area contributed by atoms with Crippen LogP contribution < -0.4 is 10.1 Å². The fourth-order valence-electron chi connectivity index (χ4n) is 4.73. The molecule has 2 heterocycles. The largest absolute Gasteiger partial charge is 0.496 e. The molecule has 4 rings (SSSR count). The molecule has 0 aliphatic carbocycles. The molecule has 0 spiro atoms. The Hall–Kier alpha value is -2.93. The number of likely N-dealkylation sites (tertiary alicyclic amines) is 2. The highest BCUT2D eigenvalue weighted by Crippen LogP contribution is 2.27. The Morgan fingerprint density at radius 2 is 1.59 bits per heavy atom. The molecule has 0 saturated carbocycles. The molecule has 6 nitrogen and oxygen atoms in total. The predicted octanol–water partition coefficient (Wildman–Crippen LogP) is 3.79. The number of nitrogens with one attached hydrogen (secondary N) is 1. The minimum Gasteiger partial charge on any atom is -0.496 e. The van der Waals surface area contributed by atoms with Crippen LogP contribution in [0.4, 0.5) is 10.1 Å². The van der Waals surface area contributed by atoms with Crippen LogP contribution in [0.5, 0.6) is 5.75 Å². The lowest BCUT2D eigenvalue weighted by molar-refractivity contribution is -0.121. The van der Waals surface area contributed by atoms with Gasteiger partial charge in [-0.05, 0) is 75.2 Å². The van der Waals surface area contributed by atoms with Crippen LogP contribution in [-0.4, -0.2) is 60.9 Å². The highest BCUT2D eigenvalue weighted by molar-refractivity contribution is 5.97. The second-order valence-corrected chi connectivity index (χ2v) is 8.53. The molecular formula is C25H30FN3O3. The van der Waals surface area contributed by atoms with Crippen molar-refractivity contribution >= 4 is 17.5 Å². The molecule has 2 fully saturated rings. The topological polar surface area (TPSA) is 61.9 Å². The van der Waals surface area contributed by atoms with E-state index < -0.39 is 0 Å². The Morgan fingerprint density at radius 1 is 0.938 bits per heavy atom. The molecule has 7 heteroatoms. The lowest BCUT2D eigenvalue weighted by Crippen LogP contribution is -2.49. The van der Waals surface area contributed by atoms with Crippen molar-refractivity contribution < 1.29 is 18.7 Å². The number of piperidine rings is 2. The number of halogens is 1. The van der Waals surface area contributed by atoms with Crippen LogP contribution in [0.25, 0.3) is 0 Å². The number of para-hydroxylation sites is 1. The standard InChI is InChI=1S/C25H30FN3O3/c1-32-23-5-3-2-4-22(23)25(31)29-16-12-21(13-17-29)28-14-10-18(11-15-28)24(30)27-20-8-6-19(26)7-9-20/h2-9,18,21H,10-17H2,1H3,(H,27,30). The molecule has 2 aromatic carbocycles. The summed E-state index contributed by atoms with van der Waals surface area (Å²) in [6, 6.07) is 13.7. The van der Waals surface area contributed by atoms with E-state index >= 15 is 0 Å². The Bertz CT molecular complexity index is 934. The van der Waals surface area contributed by atoms with Crippen molar-refractivity contribution in [3.8, 4) is 5.75 Å². The quantitative estimate of drug-likeness (QED) is 0.770. The zero-order valence-electron chi connectivity index (χ0n) is 18.4. The fraction of sp³-hybridized carbons (Fsp3) is 0.440. The molecule has 2 saturated heterocycles. The number of hydrogen-bond donors (Lipinski definition) is 1. The second-order valence-electron chi connectivity index (χ2n) is 8.53. The van der Waals surface area contributed by atoms with Crippen molar-refractivity contribution in [3.63, 3.8) is 0 Å². The van der Waals surface area contributed by atoms with Crippen LogP contribution in [0.1, 0.15) is 36.0 Å². The molecule has 2 aromatic rings. The van der Waals surface area contributed by atoms with Crippen LogP contribution in [0.15, 0.2) is 48.5 Å². The lowest BCUT2D eigenvalue weighted by atomic mass is 9.92. The number of nitrogens with zero attached hydrogens (tertiary/aromatic N) is 2. The molecule has 0 atom stereocenters. The third-order valence-electron chi connectivity index (χ3n) is 6.62. The van der Waals surface area contributed by atoms with Crippen molar-refractivity contribution in [1.29, 1.82) is 0 Å². The first-order valence-electron chi connectivity index (χ1n) is 11.3. The van der Waals surface area contributed by atoms with Gasteiger partial charge in [0.25, 0.3) is 5.91 Å². The maximum Gasteiger partial charge on any atom is 0.257 e. The molecular weight excluding hydrogens is 409 g/mol. The average Bonchev–Trinajstić information content (AvgIpc) is 2.85. The van der Waals surface area contributed by atoms with Gasteiger partial charge in [-0.1, -0.05) is 12.1 Å². The summed E-state index contributed by atoms with van der Waals surface area (Å²) in [5.74, 6) is 0.307. The monoisotopic (exact) mass is 439 g/mol. The van der Waals surface area contributed by atoms with Gasteiger partial charge in [0.2, 0.25) is 5.91 Å². The Balaban J connectivity index is 1.24. The van der Waals surface area contributed by atoms with E-state index in [-0.39, 0.29) is 23.5 Å². The number of ether oxygens (including phenoxy) is 1. The predicted molar refractivity (Wildman–Crippen MR) is 121 cm³/mol. The Labute approximate surface area is 188 Å². The molecule has 170 valence electrons. The molecule has 2 aliphatic rings. The highest BCUT2D eigenvalue weighted by atomic mass is 19.1. The molecule has 0 unspecified atom stereocenters. The van der Waals surface area contributed by atoms with Gasteiger partial charge in [-0.15, -0.1) is 0 Å². The highest BCUT2D eigenvalue weighted by Gasteiger charge is 2.32. The fourth-order valence-corrected chi connectivity index (χ4v) is 4.73. The van der Waals surface area contributed by atoms with Gasteiger partial charge < -0.3 is 19.9 Å². The summed E-state index contributed by atoms with van der Waals surface area (Å²) in [5.41, 5.74) is 1.24. The van der Waals surface area contributed by atoms with Gasteiger partial charge in [0.15, 0.2) is 0 Å². The van der Waals surface area contributed by atoms with E-state index in [1.807, 2.05) is 29.2 Å². The summed E-state index contributed by atoms with van der Waals surface area (Å²) in [6.45, 7) is 3.22. The Morgan fingerprint density at radius 3 is 2.25 bits per heavy atom. The molecule has 1 N–H and O–H groups in total. The van der Waals surface area contributed by atoms with Crippen LogP contribution in [0, 0.1) is 11.7 Å². The number of carbonyl (C=O) groups is 2. The maximum atomic E-state index is 13.0. The summed E-state index contributed by atoms with van der Waals surface area (Å²) < 4.78 is 18.4. The molecule has 2 aliphatic heterocycles. The van der Waals surface area contributed by atoms with Crippen LogP contribution in [-0.2, 0) is 4.79 Å². The smallest absolute Gasteiger partial charge is 0.257 e. The lowest BCUT2D eigenvalue weighted by Gasteiger charge is -2.41. The van der Waals surface area contributed by atoms with E-state index in [9.17, 15) is 14.0 Å². The van der Waals surface area contributed by atoms with Crippen molar-refractivity contribution in [2.45, 2.75) is 31.7 Å². The summed E-state index contributed by atoms with van der Waals surface area (Å²) in [4.78, 5) is 29.9. The van der Waals surface area contributed by atoms with Gasteiger partial charge in [-0.3, -0.25) is 9.59 Å². The molecule has 0 aromatic heterocycles. The average molecular weight is 440 g/mol. The van der Waals surface area contributed by atoms with Crippen molar-refractivity contribution in [1.82, 2.24) is 9.80 Å². The summed E-state index contributed by atoms with van der Waals surface area (Å²) in [6.07, 6.45) is 3.50. The molecule has 0 radical (unpaired) electrons. The minimum atomic E-state index is -0.313. The minimum absolute atomic E-state index is 0.00785. The van der Waals surface area contributed by atoms with Gasteiger partial charge in [0.05, 0.1) is 12.7 Å². The van der Waals surface area contributed by atoms with Crippen molar-refractivity contribution in [2.75, 3.05) is 38.6 Å². The first-order valence-corrected chi connectivity index (χ1v) is 11.3.